The average Bonchev–Trinajstić information content (AvgIpc) is 2.11. The van der Waals surface area contributed by atoms with Crippen molar-refractivity contribution in [3.63, 3.8) is 0 Å². The van der Waals surface area contributed by atoms with Crippen LogP contribution in [0.15, 0.2) is 24.3 Å². The highest BCUT2D eigenvalue weighted by atomic mass is 16.1. The van der Waals surface area contributed by atoms with E-state index in [1.807, 2.05) is 19.1 Å². The van der Waals surface area contributed by atoms with E-state index in [-0.39, 0.29) is 11.2 Å². The average molecular weight is 178 g/mol. The lowest BCUT2D eigenvalue weighted by Crippen LogP contribution is -2.34. The molecule has 0 aromatic rings. The van der Waals surface area contributed by atoms with Gasteiger partial charge < -0.3 is 0 Å². The predicted octanol–water partition coefficient (Wildman–Crippen LogP) is 3.12. The SMILES string of the molecule is C/C=C/[C@H](C)[C@@]1(C)CCC=CC1=O. The first-order valence-corrected chi connectivity index (χ1v) is 4.95. The van der Waals surface area contributed by atoms with E-state index in [2.05, 4.69) is 19.9 Å². The molecule has 1 aliphatic rings. The minimum atomic E-state index is -0.165. The summed E-state index contributed by atoms with van der Waals surface area (Å²) in [5.74, 6) is 0.624. The molecule has 0 bridgehead atoms. The van der Waals surface area contributed by atoms with Crippen LogP contribution < -0.4 is 0 Å². The first-order chi connectivity index (χ1) is 6.11. The standard InChI is InChI=1S/C12H18O/c1-4-7-10(2)12(3)9-6-5-8-11(12)13/h4-5,7-8,10H,6,9H2,1-3H3/b7-4+/t10-,12+/m0/s1. The number of rotatable bonds is 2. The van der Waals surface area contributed by atoms with Crippen LogP contribution >= 0.6 is 0 Å². The van der Waals surface area contributed by atoms with Crippen molar-refractivity contribution in [2.75, 3.05) is 0 Å². The van der Waals surface area contributed by atoms with Gasteiger partial charge in [-0.05, 0) is 31.8 Å². The molecule has 0 radical (unpaired) electrons. The van der Waals surface area contributed by atoms with Crippen molar-refractivity contribution < 1.29 is 4.79 Å². The summed E-state index contributed by atoms with van der Waals surface area (Å²) in [6.45, 7) is 6.20. The summed E-state index contributed by atoms with van der Waals surface area (Å²) in [6, 6.07) is 0. The molecule has 2 atom stereocenters. The summed E-state index contributed by atoms with van der Waals surface area (Å²) in [5, 5.41) is 0. The largest absolute Gasteiger partial charge is 0.294 e. The maximum Gasteiger partial charge on any atom is 0.161 e. The molecule has 0 saturated heterocycles. The van der Waals surface area contributed by atoms with Gasteiger partial charge in [0.25, 0.3) is 0 Å². The van der Waals surface area contributed by atoms with Crippen molar-refractivity contribution >= 4 is 5.78 Å². The van der Waals surface area contributed by atoms with Gasteiger partial charge in [0.2, 0.25) is 0 Å². The zero-order chi connectivity index (χ0) is 9.90. The Kier molecular flexibility index (Phi) is 3.07. The highest BCUT2D eigenvalue weighted by molar-refractivity contribution is 5.95. The van der Waals surface area contributed by atoms with Gasteiger partial charge in [-0.25, -0.2) is 0 Å². The zero-order valence-electron chi connectivity index (χ0n) is 8.71. The Hall–Kier alpha value is -0.850. The van der Waals surface area contributed by atoms with Crippen LogP contribution in [0.1, 0.15) is 33.6 Å². The van der Waals surface area contributed by atoms with Gasteiger partial charge in [-0.15, -0.1) is 0 Å². The molecule has 0 unspecified atom stereocenters. The topological polar surface area (TPSA) is 17.1 Å². The molecule has 1 aliphatic carbocycles. The first-order valence-electron chi connectivity index (χ1n) is 4.95. The maximum absolute atomic E-state index is 11.7. The molecule has 0 aliphatic heterocycles. The summed E-state index contributed by atoms with van der Waals surface area (Å²) in [4.78, 5) is 11.7. The normalized spacial score (nSPS) is 31.2. The molecule has 0 aromatic heterocycles. The number of carbonyl (C=O) groups excluding carboxylic acids is 1. The molecule has 0 heterocycles. The van der Waals surface area contributed by atoms with Gasteiger partial charge in [-0.1, -0.05) is 32.1 Å². The van der Waals surface area contributed by atoms with Crippen molar-refractivity contribution in [1.82, 2.24) is 0 Å². The lowest BCUT2D eigenvalue weighted by molar-refractivity contribution is -0.125. The van der Waals surface area contributed by atoms with Crippen LogP contribution in [0.25, 0.3) is 0 Å². The first kappa shape index (κ1) is 10.2. The molecule has 72 valence electrons. The van der Waals surface area contributed by atoms with Crippen LogP contribution in [-0.2, 0) is 4.79 Å². The van der Waals surface area contributed by atoms with Crippen molar-refractivity contribution in [2.24, 2.45) is 11.3 Å². The number of carbonyl (C=O) groups is 1. The highest BCUT2D eigenvalue weighted by Gasteiger charge is 2.36. The number of hydrogen-bond acceptors (Lipinski definition) is 1. The van der Waals surface area contributed by atoms with E-state index < -0.39 is 0 Å². The molecule has 0 spiro atoms. The fourth-order valence-corrected chi connectivity index (χ4v) is 1.84. The lowest BCUT2D eigenvalue weighted by atomic mass is 9.69. The minimum absolute atomic E-state index is 0.165. The smallest absolute Gasteiger partial charge is 0.161 e. The molecule has 1 nitrogen and oxygen atoms in total. The third-order valence-corrected chi connectivity index (χ3v) is 3.15. The van der Waals surface area contributed by atoms with E-state index in [0.29, 0.717) is 5.92 Å². The van der Waals surface area contributed by atoms with Crippen molar-refractivity contribution in [1.29, 1.82) is 0 Å². The van der Waals surface area contributed by atoms with Gasteiger partial charge in [-0.3, -0.25) is 4.79 Å². The summed E-state index contributed by atoms with van der Waals surface area (Å²) in [6.07, 6.45) is 9.88. The van der Waals surface area contributed by atoms with Gasteiger partial charge in [0, 0.05) is 5.41 Å². The Morgan fingerprint density at radius 1 is 1.62 bits per heavy atom. The molecule has 0 amide bonds. The van der Waals surface area contributed by atoms with Crippen LogP contribution in [-0.4, -0.2) is 5.78 Å². The van der Waals surface area contributed by atoms with E-state index in [0.717, 1.165) is 12.8 Å². The molecule has 0 saturated carbocycles. The second-order valence-corrected chi connectivity index (χ2v) is 4.04. The van der Waals surface area contributed by atoms with Crippen LogP contribution in [0.3, 0.4) is 0 Å². The second kappa shape index (κ2) is 3.91. The van der Waals surface area contributed by atoms with E-state index >= 15 is 0 Å². The van der Waals surface area contributed by atoms with Gasteiger partial charge in [0.05, 0.1) is 0 Å². The van der Waals surface area contributed by atoms with E-state index in [4.69, 9.17) is 0 Å². The Labute approximate surface area is 80.5 Å². The summed E-state index contributed by atoms with van der Waals surface area (Å²) >= 11 is 0. The van der Waals surface area contributed by atoms with Crippen LogP contribution in [0, 0.1) is 11.3 Å². The predicted molar refractivity (Wildman–Crippen MR) is 55.5 cm³/mol. The van der Waals surface area contributed by atoms with Gasteiger partial charge in [0.1, 0.15) is 0 Å². The highest BCUT2D eigenvalue weighted by Crippen LogP contribution is 2.37. The Bertz CT molecular complexity index is 250. The number of hydrogen-bond donors (Lipinski definition) is 0. The van der Waals surface area contributed by atoms with Gasteiger partial charge in [0.15, 0.2) is 5.78 Å². The Morgan fingerprint density at radius 3 is 2.85 bits per heavy atom. The summed E-state index contributed by atoms with van der Waals surface area (Å²) < 4.78 is 0. The molecule has 1 rings (SSSR count). The van der Waals surface area contributed by atoms with E-state index in [1.54, 1.807) is 6.08 Å². The Morgan fingerprint density at radius 2 is 2.31 bits per heavy atom. The fourth-order valence-electron chi connectivity index (χ4n) is 1.84. The van der Waals surface area contributed by atoms with Crippen LogP contribution in [0.2, 0.25) is 0 Å². The molecule has 1 heteroatoms. The van der Waals surface area contributed by atoms with Crippen LogP contribution in [0.4, 0.5) is 0 Å². The molecule has 0 N–H and O–H groups in total. The zero-order valence-corrected chi connectivity index (χ0v) is 8.71. The van der Waals surface area contributed by atoms with E-state index in [9.17, 15) is 4.79 Å². The van der Waals surface area contributed by atoms with Gasteiger partial charge >= 0.3 is 0 Å². The molecule has 13 heavy (non-hydrogen) atoms. The fraction of sp³-hybridized carbons (Fsp3) is 0.583. The quantitative estimate of drug-likeness (QED) is 0.594. The Balaban J connectivity index is 2.85. The van der Waals surface area contributed by atoms with Gasteiger partial charge in [-0.2, -0.15) is 0 Å². The summed E-state index contributed by atoms with van der Waals surface area (Å²) in [5.41, 5.74) is -0.165. The molecular weight excluding hydrogens is 160 g/mol. The third-order valence-electron chi connectivity index (χ3n) is 3.15. The van der Waals surface area contributed by atoms with Crippen molar-refractivity contribution in [3.05, 3.63) is 24.3 Å². The molecule has 0 aromatic carbocycles. The van der Waals surface area contributed by atoms with Crippen molar-refractivity contribution in [2.45, 2.75) is 33.6 Å². The van der Waals surface area contributed by atoms with Crippen LogP contribution in [0.5, 0.6) is 0 Å². The maximum atomic E-state index is 11.7. The second-order valence-electron chi connectivity index (χ2n) is 4.04. The third kappa shape index (κ3) is 1.90. The molecular formula is C12H18O. The number of ketones is 1. The van der Waals surface area contributed by atoms with Crippen molar-refractivity contribution in [3.8, 4) is 0 Å². The summed E-state index contributed by atoms with van der Waals surface area (Å²) in [7, 11) is 0. The lowest BCUT2D eigenvalue weighted by Gasteiger charge is -2.33. The minimum Gasteiger partial charge on any atom is -0.294 e. The van der Waals surface area contributed by atoms with E-state index in [1.165, 1.54) is 0 Å². The molecule has 0 fully saturated rings. The monoisotopic (exact) mass is 178 g/mol. The number of allylic oxidation sites excluding steroid dienone is 4.